The Balaban J connectivity index is 2.72. The summed E-state index contributed by atoms with van der Waals surface area (Å²) in [7, 11) is 0. The minimum atomic E-state index is -1.57. The van der Waals surface area contributed by atoms with Gasteiger partial charge in [-0.1, -0.05) is 0 Å². The van der Waals surface area contributed by atoms with E-state index >= 15 is 0 Å². The maximum absolute atomic E-state index is 11.8. The first-order chi connectivity index (χ1) is 7.79. The largest absolute Gasteiger partial charge is 0.478 e. The van der Waals surface area contributed by atoms with E-state index in [1.54, 1.807) is 6.92 Å². The molecule has 0 bridgehead atoms. The Morgan fingerprint density at radius 1 is 1.53 bits per heavy atom. The zero-order valence-electron chi connectivity index (χ0n) is 10.2. The molecule has 6 nitrogen and oxygen atoms in total. The Bertz CT molecular complexity index is 350. The number of ether oxygens (including phenoxy) is 1. The van der Waals surface area contributed by atoms with E-state index in [4.69, 9.17) is 9.84 Å². The molecule has 0 radical (unpaired) electrons. The summed E-state index contributed by atoms with van der Waals surface area (Å²) in [6.45, 7) is 4.80. The van der Waals surface area contributed by atoms with Crippen molar-refractivity contribution in [2.75, 3.05) is 6.54 Å². The Hall–Kier alpha value is -1.59. The van der Waals surface area contributed by atoms with Crippen LogP contribution in [0.4, 0.5) is 0 Å². The smallest absolute Gasteiger partial charge is 0.347 e. The highest BCUT2D eigenvalue weighted by Crippen LogP contribution is 2.22. The third kappa shape index (κ3) is 2.75. The van der Waals surface area contributed by atoms with Crippen molar-refractivity contribution >= 4 is 17.8 Å². The first-order valence-corrected chi connectivity index (χ1v) is 5.55. The minimum absolute atomic E-state index is 0.0948. The molecule has 1 aliphatic rings. The van der Waals surface area contributed by atoms with Crippen LogP contribution in [-0.2, 0) is 19.1 Å². The summed E-state index contributed by atoms with van der Waals surface area (Å²) in [5, 5.41) is 8.85. The van der Waals surface area contributed by atoms with Crippen LogP contribution in [0.1, 0.15) is 33.6 Å². The van der Waals surface area contributed by atoms with E-state index in [0.717, 1.165) is 0 Å². The van der Waals surface area contributed by atoms with Crippen LogP contribution in [0.2, 0.25) is 0 Å². The molecule has 17 heavy (non-hydrogen) atoms. The number of hydrogen-bond acceptors (Lipinski definition) is 4. The topological polar surface area (TPSA) is 83.9 Å². The summed E-state index contributed by atoms with van der Waals surface area (Å²) in [5.74, 6) is -1.95. The molecule has 1 aliphatic heterocycles. The summed E-state index contributed by atoms with van der Waals surface area (Å²) in [6, 6.07) is -0.647. The molecule has 0 aromatic carbocycles. The van der Waals surface area contributed by atoms with Gasteiger partial charge in [0.2, 0.25) is 11.5 Å². The van der Waals surface area contributed by atoms with Gasteiger partial charge >= 0.3 is 11.9 Å². The van der Waals surface area contributed by atoms with Gasteiger partial charge in [-0.3, -0.25) is 4.79 Å². The number of nitrogens with zero attached hydrogens (tertiary/aromatic N) is 1. The summed E-state index contributed by atoms with van der Waals surface area (Å²) in [4.78, 5) is 35.5. The second-order valence-corrected chi connectivity index (χ2v) is 4.47. The number of esters is 1. The van der Waals surface area contributed by atoms with Crippen LogP contribution in [0, 0.1) is 0 Å². The zero-order valence-corrected chi connectivity index (χ0v) is 10.2. The lowest BCUT2D eigenvalue weighted by atomic mass is 10.1. The lowest BCUT2D eigenvalue weighted by Gasteiger charge is -2.26. The molecule has 0 aromatic rings. The number of carboxylic acid groups (broad SMARTS) is 1. The second kappa shape index (κ2) is 4.73. The van der Waals surface area contributed by atoms with E-state index in [9.17, 15) is 14.4 Å². The highest BCUT2D eigenvalue weighted by molar-refractivity contribution is 5.90. The van der Waals surface area contributed by atoms with Gasteiger partial charge in [0, 0.05) is 13.0 Å². The van der Waals surface area contributed by atoms with Crippen molar-refractivity contribution in [2.24, 2.45) is 0 Å². The third-order valence-electron chi connectivity index (χ3n) is 2.81. The van der Waals surface area contributed by atoms with Gasteiger partial charge in [-0.15, -0.1) is 0 Å². The SMILES string of the molecule is CCN1C(=O)CC[C@H]1C(=O)OC(C)(C)C(=O)O. The molecule has 0 spiro atoms. The van der Waals surface area contributed by atoms with Crippen molar-refractivity contribution in [3.8, 4) is 0 Å². The summed E-state index contributed by atoms with van der Waals surface area (Å²) in [5.41, 5.74) is -1.57. The number of hydrogen-bond donors (Lipinski definition) is 1. The number of likely N-dealkylation sites (N-methyl/N-ethyl adjacent to an activating group) is 1. The Morgan fingerprint density at radius 3 is 2.59 bits per heavy atom. The van der Waals surface area contributed by atoms with Gasteiger partial charge in [0.25, 0.3) is 0 Å². The molecule has 0 aliphatic carbocycles. The van der Waals surface area contributed by atoms with Gasteiger partial charge < -0.3 is 14.7 Å². The number of rotatable bonds is 4. The predicted molar refractivity (Wildman–Crippen MR) is 58.2 cm³/mol. The standard InChI is InChI=1S/C11H17NO5/c1-4-12-7(5-6-8(12)13)9(14)17-11(2,3)10(15)16/h7H,4-6H2,1-3H3,(H,15,16)/t7-/m0/s1. The molecule has 1 amide bonds. The van der Waals surface area contributed by atoms with Crippen LogP contribution in [0.5, 0.6) is 0 Å². The average Bonchev–Trinajstić information content (AvgIpc) is 2.58. The average molecular weight is 243 g/mol. The van der Waals surface area contributed by atoms with Gasteiger partial charge in [0.1, 0.15) is 6.04 Å². The molecule has 1 saturated heterocycles. The molecule has 96 valence electrons. The number of carbonyl (C=O) groups is 3. The van der Waals surface area contributed by atoms with Crippen LogP contribution in [0.25, 0.3) is 0 Å². The molecule has 1 rings (SSSR count). The minimum Gasteiger partial charge on any atom is -0.478 e. The van der Waals surface area contributed by atoms with E-state index in [0.29, 0.717) is 19.4 Å². The van der Waals surface area contributed by atoms with Crippen LogP contribution < -0.4 is 0 Å². The highest BCUT2D eigenvalue weighted by Gasteiger charge is 2.40. The fourth-order valence-corrected chi connectivity index (χ4v) is 1.74. The number of carbonyl (C=O) groups excluding carboxylic acids is 2. The monoisotopic (exact) mass is 243 g/mol. The molecule has 1 N–H and O–H groups in total. The highest BCUT2D eigenvalue weighted by atomic mass is 16.6. The van der Waals surface area contributed by atoms with E-state index in [2.05, 4.69) is 0 Å². The maximum atomic E-state index is 11.8. The van der Waals surface area contributed by atoms with E-state index < -0.39 is 23.6 Å². The number of amides is 1. The second-order valence-electron chi connectivity index (χ2n) is 4.47. The van der Waals surface area contributed by atoms with Gasteiger partial charge in [-0.25, -0.2) is 9.59 Å². The van der Waals surface area contributed by atoms with E-state index in [1.807, 2.05) is 0 Å². The Kier molecular flexibility index (Phi) is 3.75. The van der Waals surface area contributed by atoms with Gasteiger partial charge in [-0.05, 0) is 27.2 Å². The molecular formula is C11H17NO5. The number of likely N-dealkylation sites (tertiary alicyclic amines) is 1. The molecular weight excluding hydrogens is 226 g/mol. The van der Waals surface area contributed by atoms with Crippen molar-refractivity contribution in [3.05, 3.63) is 0 Å². The van der Waals surface area contributed by atoms with Crippen molar-refractivity contribution in [2.45, 2.75) is 45.3 Å². The van der Waals surface area contributed by atoms with Crippen molar-refractivity contribution in [1.82, 2.24) is 4.90 Å². The lowest BCUT2D eigenvalue weighted by Crippen LogP contribution is -2.45. The number of carboxylic acids is 1. The molecule has 0 unspecified atom stereocenters. The van der Waals surface area contributed by atoms with Crippen LogP contribution in [0.3, 0.4) is 0 Å². The van der Waals surface area contributed by atoms with E-state index in [1.165, 1.54) is 18.7 Å². The fraction of sp³-hybridized carbons (Fsp3) is 0.727. The first-order valence-electron chi connectivity index (χ1n) is 5.55. The quantitative estimate of drug-likeness (QED) is 0.723. The van der Waals surface area contributed by atoms with Crippen LogP contribution in [0.15, 0.2) is 0 Å². The molecule has 0 aromatic heterocycles. The number of aliphatic carboxylic acids is 1. The van der Waals surface area contributed by atoms with Gasteiger partial charge in [0.05, 0.1) is 0 Å². The normalized spacial score (nSPS) is 20.5. The predicted octanol–water partition coefficient (Wildman–Crippen LogP) is 0.404. The molecule has 1 fully saturated rings. The Labute approximate surface area is 99.5 Å². The summed E-state index contributed by atoms with van der Waals surface area (Å²) in [6.07, 6.45) is 0.697. The van der Waals surface area contributed by atoms with E-state index in [-0.39, 0.29) is 5.91 Å². The third-order valence-corrected chi connectivity index (χ3v) is 2.81. The van der Waals surface area contributed by atoms with Crippen molar-refractivity contribution in [3.63, 3.8) is 0 Å². The van der Waals surface area contributed by atoms with Crippen molar-refractivity contribution in [1.29, 1.82) is 0 Å². The summed E-state index contributed by atoms with van der Waals surface area (Å²) < 4.78 is 4.93. The zero-order chi connectivity index (χ0) is 13.2. The molecule has 1 heterocycles. The fourth-order valence-electron chi connectivity index (χ4n) is 1.74. The van der Waals surface area contributed by atoms with Crippen molar-refractivity contribution < 1.29 is 24.2 Å². The molecule has 1 atom stereocenters. The lowest BCUT2D eigenvalue weighted by molar-refractivity contribution is -0.177. The maximum Gasteiger partial charge on any atom is 0.347 e. The summed E-state index contributed by atoms with van der Waals surface area (Å²) >= 11 is 0. The van der Waals surface area contributed by atoms with Crippen LogP contribution in [-0.4, -0.2) is 46.0 Å². The van der Waals surface area contributed by atoms with Gasteiger partial charge in [0.15, 0.2) is 0 Å². The molecule has 0 saturated carbocycles. The van der Waals surface area contributed by atoms with Gasteiger partial charge in [-0.2, -0.15) is 0 Å². The Morgan fingerprint density at radius 2 is 2.12 bits per heavy atom. The molecule has 6 heteroatoms. The first kappa shape index (κ1) is 13.5. The van der Waals surface area contributed by atoms with Crippen LogP contribution >= 0.6 is 0 Å².